The lowest BCUT2D eigenvalue weighted by Crippen LogP contribution is -2.39. The number of benzene rings is 1. The quantitative estimate of drug-likeness (QED) is 0.592. The van der Waals surface area contributed by atoms with Gasteiger partial charge >= 0.3 is 0 Å². The van der Waals surface area contributed by atoms with Crippen LogP contribution in [-0.4, -0.2) is 17.0 Å². The summed E-state index contributed by atoms with van der Waals surface area (Å²) in [5.41, 5.74) is 2.25. The summed E-state index contributed by atoms with van der Waals surface area (Å²) in [6, 6.07) is 16.7. The summed E-state index contributed by atoms with van der Waals surface area (Å²) in [7, 11) is 0. The van der Waals surface area contributed by atoms with Crippen molar-refractivity contribution in [3.63, 3.8) is 0 Å². The summed E-state index contributed by atoms with van der Waals surface area (Å²) in [6.45, 7) is 0. The maximum atomic E-state index is 8.09. The summed E-state index contributed by atoms with van der Waals surface area (Å²) < 4.78 is 0. The van der Waals surface area contributed by atoms with Gasteiger partial charge in [-0.05, 0) is 30.5 Å². The number of nitrogens with one attached hydrogen (secondary N) is 3. The van der Waals surface area contributed by atoms with E-state index in [4.69, 9.17) is 5.41 Å². The molecule has 0 unspecified atom stereocenters. The minimum absolute atomic E-state index is 0.348. The average Bonchev–Trinajstić information content (AvgIpc) is 2.57. The van der Waals surface area contributed by atoms with Crippen LogP contribution in [0.2, 0.25) is 0 Å². The number of guanidine groups is 1. The maximum Gasteiger partial charge on any atom is 0.194 e. The molecule has 3 N–H and O–H groups in total. The van der Waals surface area contributed by atoms with Gasteiger partial charge in [-0.2, -0.15) is 0 Å². The monoisotopic (exact) mass is 308 g/mol. The van der Waals surface area contributed by atoms with Crippen molar-refractivity contribution in [2.75, 3.05) is 5.32 Å². The lowest BCUT2D eigenvalue weighted by Gasteiger charge is -2.24. The zero-order valence-corrected chi connectivity index (χ0v) is 13.4. The van der Waals surface area contributed by atoms with Gasteiger partial charge in [-0.25, -0.2) is 4.98 Å². The normalized spacial score (nSPS) is 15.1. The van der Waals surface area contributed by atoms with E-state index in [1.807, 2.05) is 36.4 Å². The third kappa shape index (κ3) is 4.81. The molecule has 4 nitrogen and oxygen atoms in total. The lowest BCUT2D eigenvalue weighted by atomic mass is 9.96. The number of rotatable bonds is 4. The Morgan fingerprint density at radius 1 is 1.00 bits per heavy atom. The van der Waals surface area contributed by atoms with Crippen LogP contribution in [0.15, 0.2) is 48.5 Å². The summed E-state index contributed by atoms with van der Waals surface area (Å²) in [4.78, 5) is 4.61. The molecule has 23 heavy (non-hydrogen) atoms. The van der Waals surface area contributed by atoms with Gasteiger partial charge in [0.2, 0.25) is 0 Å². The lowest BCUT2D eigenvalue weighted by molar-refractivity contribution is 0.413. The van der Waals surface area contributed by atoms with Gasteiger partial charge in [0, 0.05) is 18.2 Å². The molecule has 0 radical (unpaired) electrons. The smallest absolute Gasteiger partial charge is 0.194 e. The minimum atomic E-state index is 0.348. The maximum absolute atomic E-state index is 8.09. The van der Waals surface area contributed by atoms with Gasteiger partial charge in [0.1, 0.15) is 5.82 Å². The first-order chi connectivity index (χ1) is 11.3. The zero-order valence-electron chi connectivity index (χ0n) is 13.4. The molecule has 2 aromatic rings. The molecule has 1 fully saturated rings. The molecule has 0 spiro atoms. The predicted octanol–water partition coefficient (Wildman–Crippen LogP) is 3.94. The number of nitrogens with zero attached hydrogens (tertiary/aromatic N) is 1. The van der Waals surface area contributed by atoms with Crippen LogP contribution in [0.3, 0.4) is 0 Å². The fourth-order valence-electron chi connectivity index (χ4n) is 3.07. The summed E-state index contributed by atoms with van der Waals surface area (Å²) in [5, 5.41) is 14.4. The molecule has 1 aliphatic carbocycles. The van der Waals surface area contributed by atoms with Crippen LogP contribution >= 0.6 is 0 Å². The summed E-state index contributed by atoms with van der Waals surface area (Å²) >= 11 is 0. The van der Waals surface area contributed by atoms with Crippen molar-refractivity contribution in [3.8, 4) is 0 Å². The van der Waals surface area contributed by atoms with Crippen LogP contribution < -0.4 is 10.6 Å². The Kier molecular flexibility index (Phi) is 5.25. The third-order valence-electron chi connectivity index (χ3n) is 4.24. The highest BCUT2D eigenvalue weighted by Crippen LogP contribution is 2.17. The molecule has 4 heteroatoms. The van der Waals surface area contributed by atoms with Gasteiger partial charge in [0.05, 0.1) is 0 Å². The molecule has 0 amide bonds. The van der Waals surface area contributed by atoms with Crippen molar-refractivity contribution in [3.05, 3.63) is 59.8 Å². The Bertz CT molecular complexity index is 633. The first kappa shape index (κ1) is 15.5. The first-order valence-electron chi connectivity index (χ1n) is 8.41. The standard InChI is InChI=1S/C19H24N4/c20-19(22-16-10-5-2-6-11-16)23-18-13-7-12-17(21-18)14-15-8-3-1-4-9-15/h1,3-4,7-9,12-13,16H,2,5-6,10-11,14H2,(H3,20,21,22,23). The number of hydrogen-bond acceptors (Lipinski definition) is 2. The molecule has 0 aliphatic heterocycles. The van der Waals surface area contributed by atoms with E-state index in [-0.39, 0.29) is 0 Å². The van der Waals surface area contributed by atoms with Gasteiger partial charge in [0.15, 0.2) is 5.96 Å². The second-order valence-electron chi connectivity index (χ2n) is 6.16. The van der Waals surface area contributed by atoms with Gasteiger partial charge in [-0.15, -0.1) is 0 Å². The van der Waals surface area contributed by atoms with E-state index in [0.29, 0.717) is 12.0 Å². The van der Waals surface area contributed by atoms with Crippen LogP contribution in [0.25, 0.3) is 0 Å². The van der Waals surface area contributed by atoms with Crippen molar-refractivity contribution in [1.29, 1.82) is 5.41 Å². The van der Waals surface area contributed by atoms with E-state index in [1.165, 1.54) is 24.8 Å². The molecule has 120 valence electrons. The van der Waals surface area contributed by atoms with Gasteiger partial charge in [-0.1, -0.05) is 55.7 Å². The molecule has 0 bridgehead atoms. The number of aromatic nitrogens is 1. The van der Waals surface area contributed by atoms with E-state index in [9.17, 15) is 0 Å². The molecule has 1 saturated carbocycles. The first-order valence-corrected chi connectivity index (χ1v) is 8.41. The topological polar surface area (TPSA) is 60.8 Å². The van der Waals surface area contributed by atoms with Crippen molar-refractivity contribution < 1.29 is 0 Å². The molecular formula is C19H24N4. The number of pyridine rings is 1. The highest BCUT2D eigenvalue weighted by atomic mass is 15.2. The van der Waals surface area contributed by atoms with Crippen molar-refractivity contribution in [2.45, 2.75) is 44.6 Å². The van der Waals surface area contributed by atoms with Gasteiger partial charge < -0.3 is 10.6 Å². The van der Waals surface area contributed by atoms with E-state index in [0.717, 1.165) is 30.8 Å². The molecule has 0 saturated heterocycles. The number of hydrogen-bond donors (Lipinski definition) is 3. The Hall–Kier alpha value is -2.36. The van der Waals surface area contributed by atoms with Crippen molar-refractivity contribution in [1.82, 2.24) is 10.3 Å². The molecule has 1 aromatic carbocycles. The fraction of sp³-hybridized carbons (Fsp3) is 0.368. The molecule has 1 heterocycles. The highest BCUT2D eigenvalue weighted by Gasteiger charge is 2.14. The summed E-state index contributed by atoms with van der Waals surface area (Å²) in [6.07, 6.45) is 6.96. The minimum Gasteiger partial charge on any atom is -0.354 e. The van der Waals surface area contributed by atoms with Crippen LogP contribution in [0.5, 0.6) is 0 Å². The van der Waals surface area contributed by atoms with E-state index < -0.39 is 0 Å². The Morgan fingerprint density at radius 2 is 1.78 bits per heavy atom. The second-order valence-corrected chi connectivity index (χ2v) is 6.16. The van der Waals surface area contributed by atoms with Crippen LogP contribution in [0.4, 0.5) is 5.82 Å². The Labute approximate surface area is 137 Å². The Morgan fingerprint density at radius 3 is 2.57 bits per heavy atom. The molecule has 1 aromatic heterocycles. The second kappa shape index (κ2) is 7.77. The fourth-order valence-corrected chi connectivity index (χ4v) is 3.07. The molecule has 0 atom stereocenters. The van der Waals surface area contributed by atoms with Crippen molar-refractivity contribution >= 4 is 11.8 Å². The van der Waals surface area contributed by atoms with Gasteiger partial charge in [0.25, 0.3) is 0 Å². The molecule has 1 aliphatic rings. The van der Waals surface area contributed by atoms with Gasteiger partial charge in [-0.3, -0.25) is 5.41 Å². The molecular weight excluding hydrogens is 284 g/mol. The molecule has 3 rings (SSSR count). The van der Waals surface area contributed by atoms with Crippen LogP contribution in [0.1, 0.15) is 43.4 Å². The Balaban J connectivity index is 1.57. The predicted molar refractivity (Wildman–Crippen MR) is 94.8 cm³/mol. The number of anilines is 1. The zero-order chi connectivity index (χ0) is 15.9. The van der Waals surface area contributed by atoms with Crippen LogP contribution in [-0.2, 0) is 6.42 Å². The van der Waals surface area contributed by atoms with E-state index in [2.05, 4.69) is 27.8 Å². The van der Waals surface area contributed by atoms with E-state index >= 15 is 0 Å². The average molecular weight is 308 g/mol. The largest absolute Gasteiger partial charge is 0.354 e. The summed E-state index contributed by atoms with van der Waals surface area (Å²) in [5.74, 6) is 1.08. The SMILES string of the molecule is N=C(Nc1cccc(Cc2ccccc2)n1)NC1CCCCC1. The highest BCUT2D eigenvalue weighted by molar-refractivity contribution is 5.90. The third-order valence-corrected chi connectivity index (χ3v) is 4.24. The van der Waals surface area contributed by atoms with E-state index in [1.54, 1.807) is 0 Å². The van der Waals surface area contributed by atoms with Crippen LogP contribution in [0, 0.1) is 5.41 Å². The van der Waals surface area contributed by atoms with Crippen molar-refractivity contribution in [2.24, 2.45) is 0 Å².